The summed E-state index contributed by atoms with van der Waals surface area (Å²) in [4.78, 5) is 11.7. The molecule has 2 rings (SSSR count). The number of ether oxygens (including phenoxy) is 2. The van der Waals surface area contributed by atoms with Crippen molar-refractivity contribution >= 4 is 6.16 Å². The molecule has 0 spiro atoms. The van der Waals surface area contributed by atoms with Crippen LogP contribution >= 0.6 is 0 Å². The molecule has 128 valence electrons. The van der Waals surface area contributed by atoms with Crippen LogP contribution in [0.5, 0.6) is 5.75 Å². The third-order valence-electron chi connectivity index (χ3n) is 3.87. The van der Waals surface area contributed by atoms with Crippen molar-refractivity contribution in [1.82, 2.24) is 0 Å². The average molecular weight is 326 g/mol. The third kappa shape index (κ3) is 6.86. The Balaban J connectivity index is 1.64. The van der Waals surface area contributed by atoms with Crippen LogP contribution < -0.4 is 4.74 Å². The fourth-order valence-electron chi connectivity index (χ4n) is 2.51. The summed E-state index contributed by atoms with van der Waals surface area (Å²) in [6.45, 7) is 2.56. The molecule has 0 bridgehead atoms. The van der Waals surface area contributed by atoms with Crippen LogP contribution in [0, 0.1) is 0 Å². The van der Waals surface area contributed by atoms with Gasteiger partial charge in [-0.25, -0.2) is 4.79 Å². The number of benzene rings is 2. The molecule has 0 aromatic heterocycles. The molecule has 3 heteroatoms. The molecular formula is C21H26O3. The zero-order valence-electron chi connectivity index (χ0n) is 14.4. The van der Waals surface area contributed by atoms with Gasteiger partial charge in [0.25, 0.3) is 0 Å². The Morgan fingerprint density at radius 3 is 2.21 bits per heavy atom. The molecule has 0 unspecified atom stereocenters. The summed E-state index contributed by atoms with van der Waals surface area (Å²) in [5.74, 6) is 0.530. The fraction of sp³-hybridized carbons (Fsp3) is 0.381. The Morgan fingerprint density at radius 2 is 1.50 bits per heavy atom. The zero-order chi connectivity index (χ0) is 17.0. The number of rotatable bonds is 9. The number of carbonyl (C=O) groups excluding carboxylic acids is 1. The molecule has 0 aliphatic carbocycles. The van der Waals surface area contributed by atoms with Crippen LogP contribution in [0.15, 0.2) is 54.6 Å². The minimum Gasteiger partial charge on any atom is -0.434 e. The number of aryl methyl sites for hydroxylation is 2. The van der Waals surface area contributed by atoms with Crippen LogP contribution in [0.25, 0.3) is 0 Å². The van der Waals surface area contributed by atoms with Crippen molar-refractivity contribution in [3.05, 3.63) is 65.7 Å². The first-order valence-corrected chi connectivity index (χ1v) is 8.75. The topological polar surface area (TPSA) is 35.5 Å². The first-order valence-electron chi connectivity index (χ1n) is 8.75. The summed E-state index contributed by atoms with van der Waals surface area (Å²) in [6.07, 6.45) is 5.76. The van der Waals surface area contributed by atoms with E-state index >= 15 is 0 Å². The standard InChI is InChI=1S/C21H26O3/c1-2-3-5-9-19-13-15-20(16-14-19)24-21(22)23-17-8-12-18-10-6-4-7-11-18/h4,6-7,10-11,13-16H,2-3,5,8-9,12,17H2,1H3. The van der Waals surface area contributed by atoms with Gasteiger partial charge >= 0.3 is 6.16 Å². The van der Waals surface area contributed by atoms with E-state index in [-0.39, 0.29) is 0 Å². The Hall–Kier alpha value is -2.29. The maximum Gasteiger partial charge on any atom is 0.513 e. The summed E-state index contributed by atoms with van der Waals surface area (Å²) in [5, 5.41) is 0. The summed E-state index contributed by atoms with van der Waals surface area (Å²) in [7, 11) is 0. The van der Waals surface area contributed by atoms with E-state index in [2.05, 4.69) is 19.1 Å². The Kier molecular flexibility index (Phi) is 7.88. The number of carbonyl (C=O) groups is 1. The minimum atomic E-state index is -0.637. The van der Waals surface area contributed by atoms with Gasteiger partial charge in [0.05, 0.1) is 6.61 Å². The van der Waals surface area contributed by atoms with Gasteiger partial charge in [-0.2, -0.15) is 0 Å². The SMILES string of the molecule is CCCCCc1ccc(OC(=O)OCCCc2ccccc2)cc1. The van der Waals surface area contributed by atoms with Crippen LogP contribution in [0.3, 0.4) is 0 Å². The summed E-state index contributed by atoms with van der Waals surface area (Å²) in [6, 6.07) is 17.8. The van der Waals surface area contributed by atoms with Crippen LogP contribution in [0.1, 0.15) is 43.7 Å². The van der Waals surface area contributed by atoms with Crippen molar-refractivity contribution in [3.63, 3.8) is 0 Å². The molecule has 0 saturated heterocycles. The lowest BCUT2D eigenvalue weighted by molar-refractivity contribution is 0.0980. The van der Waals surface area contributed by atoms with E-state index in [0.717, 1.165) is 19.3 Å². The second-order valence-corrected chi connectivity index (χ2v) is 5.89. The van der Waals surface area contributed by atoms with E-state index in [9.17, 15) is 4.79 Å². The number of unbranched alkanes of at least 4 members (excludes halogenated alkanes) is 2. The van der Waals surface area contributed by atoms with E-state index < -0.39 is 6.16 Å². The minimum absolute atomic E-state index is 0.364. The lowest BCUT2D eigenvalue weighted by atomic mass is 10.1. The smallest absolute Gasteiger partial charge is 0.434 e. The van der Waals surface area contributed by atoms with E-state index in [0.29, 0.717) is 12.4 Å². The molecular weight excluding hydrogens is 300 g/mol. The Labute approximate surface area is 144 Å². The lowest BCUT2D eigenvalue weighted by Gasteiger charge is -2.07. The second kappa shape index (κ2) is 10.5. The maximum absolute atomic E-state index is 11.7. The zero-order valence-corrected chi connectivity index (χ0v) is 14.4. The van der Waals surface area contributed by atoms with Crippen molar-refractivity contribution in [3.8, 4) is 5.75 Å². The van der Waals surface area contributed by atoms with Gasteiger partial charge in [0.1, 0.15) is 5.75 Å². The van der Waals surface area contributed by atoms with Gasteiger partial charge in [0.15, 0.2) is 0 Å². The second-order valence-electron chi connectivity index (χ2n) is 5.89. The van der Waals surface area contributed by atoms with E-state index in [1.807, 2.05) is 42.5 Å². The molecule has 0 aliphatic heterocycles. The van der Waals surface area contributed by atoms with Gasteiger partial charge in [-0.15, -0.1) is 0 Å². The Bertz CT molecular complexity index is 590. The molecule has 0 saturated carbocycles. The fourth-order valence-corrected chi connectivity index (χ4v) is 2.51. The van der Waals surface area contributed by atoms with Gasteiger partial charge in [-0.05, 0) is 48.9 Å². The molecule has 0 heterocycles. The predicted molar refractivity (Wildman–Crippen MR) is 96.4 cm³/mol. The van der Waals surface area contributed by atoms with Crippen LogP contribution in [-0.4, -0.2) is 12.8 Å². The molecule has 3 nitrogen and oxygen atoms in total. The number of hydrogen-bond donors (Lipinski definition) is 0. The molecule has 0 aliphatic rings. The van der Waals surface area contributed by atoms with Gasteiger partial charge in [-0.1, -0.05) is 62.2 Å². The van der Waals surface area contributed by atoms with E-state index in [4.69, 9.17) is 9.47 Å². The first kappa shape index (κ1) is 18.1. The monoisotopic (exact) mass is 326 g/mol. The quantitative estimate of drug-likeness (QED) is 0.343. The van der Waals surface area contributed by atoms with Gasteiger partial charge < -0.3 is 9.47 Å². The van der Waals surface area contributed by atoms with Crippen molar-refractivity contribution in [2.75, 3.05) is 6.61 Å². The van der Waals surface area contributed by atoms with E-state index in [1.54, 1.807) is 0 Å². The molecule has 0 N–H and O–H groups in total. The van der Waals surface area contributed by atoms with Crippen LogP contribution in [-0.2, 0) is 17.6 Å². The molecule has 24 heavy (non-hydrogen) atoms. The first-order chi connectivity index (χ1) is 11.8. The molecule has 0 radical (unpaired) electrons. The van der Waals surface area contributed by atoms with Crippen molar-refractivity contribution < 1.29 is 14.3 Å². The maximum atomic E-state index is 11.7. The van der Waals surface area contributed by atoms with Crippen molar-refractivity contribution in [1.29, 1.82) is 0 Å². The molecule has 0 amide bonds. The van der Waals surface area contributed by atoms with Crippen molar-refractivity contribution in [2.24, 2.45) is 0 Å². The predicted octanol–water partition coefficient (Wildman–Crippen LogP) is 5.57. The van der Waals surface area contributed by atoms with Crippen LogP contribution in [0.2, 0.25) is 0 Å². The van der Waals surface area contributed by atoms with Gasteiger partial charge in [0, 0.05) is 0 Å². The van der Waals surface area contributed by atoms with Crippen LogP contribution in [0.4, 0.5) is 4.79 Å². The summed E-state index contributed by atoms with van der Waals surface area (Å²) >= 11 is 0. The number of hydrogen-bond acceptors (Lipinski definition) is 3. The Morgan fingerprint density at radius 1 is 0.833 bits per heavy atom. The van der Waals surface area contributed by atoms with Gasteiger partial charge in [-0.3, -0.25) is 0 Å². The van der Waals surface area contributed by atoms with E-state index in [1.165, 1.54) is 30.4 Å². The normalized spacial score (nSPS) is 10.4. The molecule has 2 aromatic carbocycles. The highest BCUT2D eigenvalue weighted by molar-refractivity contribution is 5.63. The molecule has 0 fully saturated rings. The highest BCUT2D eigenvalue weighted by Gasteiger charge is 2.06. The lowest BCUT2D eigenvalue weighted by Crippen LogP contribution is -2.11. The summed E-state index contributed by atoms with van der Waals surface area (Å²) < 4.78 is 10.3. The highest BCUT2D eigenvalue weighted by atomic mass is 16.7. The highest BCUT2D eigenvalue weighted by Crippen LogP contribution is 2.15. The average Bonchev–Trinajstić information content (AvgIpc) is 2.61. The molecule has 2 aromatic rings. The van der Waals surface area contributed by atoms with Crippen molar-refractivity contribution in [2.45, 2.75) is 45.4 Å². The van der Waals surface area contributed by atoms with Gasteiger partial charge in [0.2, 0.25) is 0 Å². The summed E-state index contributed by atoms with van der Waals surface area (Å²) in [5.41, 5.74) is 2.51. The largest absolute Gasteiger partial charge is 0.513 e. The third-order valence-corrected chi connectivity index (χ3v) is 3.87. The molecule has 0 atom stereocenters.